The second-order valence-corrected chi connectivity index (χ2v) is 7.48. The molecule has 0 spiro atoms. The number of nitrogens with zero attached hydrogens (tertiary/aromatic N) is 3. The summed E-state index contributed by atoms with van der Waals surface area (Å²) in [7, 11) is 0. The van der Waals surface area contributed by atoms with Crippen LogP contribution in [0.25, 0.3) is 16.6 Å². The number of fused-ring (bicyclic) bond motifs is 1. The molecular formula is C22H17BrFN3O3. The Morgan fingerprint density at radius 1 is 1.27 bits per heavy atom. The molecule has 0 aliphatic rings. The van der Waals surface area contributed by atoms with Crippen molar-refractivity contribution in [2.45, 2.75) is 19.4 Å². The van der Waals surface area contributed by atoms with Crippen molar-refractivity contribution in [3.63, 3.8) is 0 Å². The van der Waals surface area contributed by atoms with Gasteiger partial charge in [0.1, 0.15) is 17.7 Å². The third-order valence-corrected chi connectivity index (χ3v) is 5.33. The summed E-state index contributed by atoms with van der Waals surface area (Å²) in [5.41, 5.74) is 1.96. The molecule has 152 valence electrons. The SMILES string of the molecule is CCC(Oc1cc2c(cnn2-c2ccc(F)cc2)cc1Br)c1ncccc1C(=O)O. The monoisotopic (exact) mass is 469 g/mol. The van der Waals surface area contributed by atoms with Crippen LogP contribution in [0.4, 0.5) is 4.39 Å². The van der Waals surface area contributed by atoms with Crippen molar-refractivity contribution in [2.75, 3.05) is 0 Å². The average Bonchev–Trinajstić information content (AvgIpc) is 3.15. The van der Waals surface area contributed by atoms with Crippen molar-refractivity contribution in [3.05, 3.63) is 82.5 Å². The van der Waals surface area contributed by atoms with Crippen molar-refractivity contribution in [1.29, 1.82) is 0 Å². The third-order valence-electron chi connectivity index (χ3n) is 4.71. The zero-order valence-corrected chi connectivity index (χ0v) is 17.5. The van der Waals surface area contributed by atoms with Crippen molar-refractivity contribution >= 4 is 32.8 Å². The fourth-order valence-electron chi connectivity index (χ4n) is 3.25. The lowest BCUT2D eigenvalue weighted by Crippen LogP contribution is -2.14. The lowest BCUT2D eigenvalue weighted by molar-refractivity contribution is 0.0689. The second kappa shape index (κ2) is 8.23. The van der Waals surface area contributed by atoms with Crippen LogP contribution in [-0.4, -0.2) is 25.8 Å². The van der Waals surface area contributed by atoms with Gasteiger partial charge in [0.25, 0.3) is 0 Å². The highest BCUT2D eigenvalue weighted by Gasteiger charge is 2.22. The maximum absolute atomic E-state index is 13.3. The van der Waals surface area contributed by atoms with Crippen molar-refractivity contribution < 1.29 is 19.0 Å². The molecule has 0 aliphatic heterocycles. The van der Waals surface area contributed by atoms with E-state index in [9.17, 15) is 14.3 Å². The Hall–Kier alpha value is -3.26. The van der Waals surface area contributed by atoms with E-state index in [1.54, 1.807) is 35.3 Å². The van der Waals surface area contributed by atoms with Crippen molar-refractivity contribution in [2.24, 2.45) is 0 Å². The number of halogens is 2. The molecule has 0 bridgehead atoms. The van der Waals surface area contributed by atoms with E-state index < -0.39 is 12.1 Å². The number of rotatable bonds is 6. The number of carboxylic acid groups (broad SMARTS) is 1. The maximum Gasteiger partial charge on any atom is 0.337 e. The lowest BCUT2D eigenvalue weighted by Gasteiger charge is -2.20. The van der Waals surface area contributed by atoms with Crippen LogP contribution in [0.5, 0.6) is 5.75 Å². The summed E-state index contributed by atoms with van der Waals surface area (Å²) >= 11 is 3.52. The van der Waals surface area contributed by atoms with E-state index in [-0.39, 0.29) is 11.4 Å². The number of carbonyl (C=O) groups is 1. The number of pyridine rings is 1. The molecule has 1 atom stereocenters. The molecule has 2 aromatic heterocycles. The second-order valence-electron chi connectivity index (χ2n) is 6.63. The van der Waals surface area contributed by atoms with Crippen molar-refractivity contribution in [3.8, 4) is 11.4 Å². The summed E-state index contributed by atoms with van der Waals surface area (Å²) in [6, 6.07) is 12.8. The number of ether oxygens (including phenoxy) is 1. The Morgan fingerprint density at radius 2 is 2.03 bits per heavy atom. The Bertz CT molecular complexity index is 1220. The van der Waals surface area contributed by atoms with Crippen LogP contribution in [0.15, 0.2) is 65.4 Å². The highest BCUT2D eigenvalue weighted by Crippen LogP contribution is 2.35. The van der Waals surface area contributed by atoms with Gasteiger partial charge >= 0.3 is 5.97 Å². The van der Waals surface area contributed by atoms with Crippen molar-refractivity contribution in [1.82, 2.24) is 14.8 Å². The van der Waals surface area contributed by atoms with Gasteiger partial charge in [-0.2, -0.15) is 5.10 Å². The zero-order valence-electron chi connectivity index (χ0n) is 15.9. The minimum Gasteiger partial charge on any atom is -0.483 e. The molecule has 0 saturated carbocycles. The summed E-state index contributed by atoms with van der Waals surface area (Å²) in [6.07, 6.45) is 3.24. The normalized spacial score (nSPS) is 12.1. The predicted octanol–water partition coefficient (Wildman–Crippen LogP) is 5.55. The minimum atomic E-state index is -1.05. The van der Waals surface area contributed by atoms with E-state index in [4.69, 9.17) is 4.74 Å². The van der Waals surface area contributed by atoms with Gasteiger partial charge in [0.15, 0.2) is 0 Å². The van der Waals surface area contributed by atoms with E-state index in [0.29, 0.717) is 28.0 Å². The standard InChI is InChI=1S/C22H17BrFN3O3/c1-2-19(21-16(22(28)29)4-3-9-25-21)30-20-11-18-13(10-17(20)23)12-26-27(18)15-7-5-14(24)6-8-15/h3-12,19H,2H2,1H3,(H,28,29). The summed E-state index contributed by atoms with van der Waals surface area (Å²) in [4.78, 5) is 15.8. The topological polar surface area (TPSA) is 77.2 Å². The number of aromatic nitrogens is 3. The summed E-state index contributed by atoms with van der Waals surface area (Å²) in [5.74, 6) is -0.846. The molecule has 0 radical (unpaired) electrons. The zero-order chi connectivity index (χ0) is 21.3. The van der Waals surface area contributed by atoms with Crippen LogP contribution in [0.3, 0.4) is 0 Å². The average molecular weight is 470 g/mol. The molecule has 4 rings (SSSR count). The van der Waals surface area contributed by atoms with Crippen LogP contribution in [-0.2, 0) is 0 Å². The van der Waals surface area contributed by atoms with E-state index in [1.807, 2.05) is 19.1 Å². The van der Waals surface area contributed by atoms with Gasteiger partial charge in [-0.3, -0.25) is 4.98 Å². The number of aromatic carboxylic acids is 1. The lowest BCUT2D eigenvalue weighted by atomic mass is 10.1. The van der Waals surface area contributed by atoms with Gasteiger partial charge in [0, 0.05) is 17.6 Å². The van der Waals surface area contributed by atoms with Gasteiger partial charge in [0.05, 0.1) is 33.1 Å². The quantitative estimate of drug-likeness (QED) is 0.400. The fourth-order valence-corrected chi connectivity index (χ4v) is 3.70. The number of hydrogen-bond acceptors (Lipinski definition) is 4. The first-order chi connectivity index (χ1) is 14.5. The van der Waals surface area contributed by atoms with Gasteiger partial charge in [-0.25, -0.2) is 13.9 Å². The van der Waals surface area contributed by atoms with Gasteiger partial charge in [0.2, 0.25) is 0 Å². The molecule has 2 heterocycles. The molecule has 6 nitrogen and oxygen atoms in total. The van der Waals surface area contributed by atoms with Gasteiger partial charge in [-0.05, 0) is 64.8 Å². The first kappa shape index (κ1) is 20.0. The summed E-state index contributed by atoms with van der Waals surface area (Å²) < 4.78 is 21.9. The van der Waals surface area contributed by atoms with Gasteiger partial charge < -0.3 is 9.84 Å². The molecule has 0 fully saturated rings. The molecule has 0 saturated heterocycles. The molecular weight excluding hydrogens is 453 g/mol. The van der Waals surface area contributed by atoms with Crippen LogP contribution >= 0.6 is 15.9 Å². The molecule has 1 unspecified atom stereocenters. The fraction of sp³-hybridized carbons (Fsp3) is 0.136. The number of benzene rings is 2. The Morgan fingerprint density at radius 3 is 2.73 bits per heavy atom. The number of hydrogen-bond donors (Lipinski definition) is 1. The molecule has 0 aliphatic carbocycles. The minimum absolute atomic E-state index is 0.109. The van der Waals surface area contributed by atoms with E-state index >= 15 is 0 Å². The first-order valence-corrected chi connectivity index (χ1v) is 10.0. The summed E-state index contributed by atoms with van der Waals surface area (Å²) in [5, 5.41) is 14.8. The summed E-state index contributed by atoms with van der Waals surface area (Å²) in [6.45, 7) is 1.90. The smallest absolute Gasteiger partial charge is 0.337 e. The maximum atomic E-state index is 13.3. The highest BCUT2D eigenvalue weighted by molar-refractivity contribution is 9.10. The Kier molecular flexibility index (Phi) is 5.50. The highest BCUT2D eigenvalue weighted by atomic mass is 79.9. The van der Waals surface area contributed by atoms with Crippen LogP contribution in [0, 0.1) is 5.82 Å². The Balaban J connectivity index is 1.75. The van der Waals surface area contributed by atoms with Gasteiger partial charge in [-0.15, -0.1) is 0 Å². The van der Waals surface area contributed by atoms with E-state index in [1.165, 1.54) is 18.2 Å². The van der Waals surface area contributed by atoms with E-state index in [0.717, 1.165) is 10.9 Å². The first-order valence-electron chi connectivity index (χ1n) is 9.26. The van der Waals surface area contributed by atoms with E-state index in [2.05, 4.69) is 26.0 Å². The largest absolute Gasteiger partial charge is 0.483 e. The predicted molar refractivity (Wildman–Crippen MR) is 114 cm³/mol. The van der Waals surface area contributed by atoms with Crippen LogP contribution in [0.1, 0.15) is 35.5 Å². The molecule has 8 heteroatoms. The Labute approximate surface area is 180 Å². The van der Waals surface area contributed by atoms with Gasteiger partial charge in [-0.1, -0.05) is 6.92 Å². The van der Waals surface area contributed by atoms with Crippen LogP contribution in [0.2, 0.25) is 0 Å². The number of carboxylic acids is 1. The molecule has 1 N–H and O–H groups in total. The molecule has 0 amide bonds. The molecule has 30 heavy (non-hydrogen) atoms. The molecule has 4 aromatic rings. The van der Waals surface area contributed by atoms with Crippen LogP contribution < -0.4 is 4.74 Å². The molecule has 2 aromatic carbocycles. The third kappa shape index (κ3) is 3.78.